The zero-order valence-electron chi connectivity index (χ0n) is 61.7. The van der Waals surface area contributed by atoms with Gasteiger partial charge in [0, 0.05) is 75.2 Å². The van der Waals surface area contributed by atoms with Gasteiger partial charge >= 0.3 is 0 Å². The highest BCUT2D eigenvalue weighted by molar-refractivity contribution is 7.90. The first-order valence-electron chi connectivity index (χ1n) is 36.9. The third-order valence-electron chi connectivity index (χ3n) is 22.4. The lowest BCUT2D eigenvalue weighted by molar-refractivity contribution is -0.157. The SMILES string of the molecule is CC[C@H](C)[C@@H]1NC(=O)[C@H](CC(C)C)N(C)C(=O)C[C@@H](C(=O)N2CCCCC2)N(C)C(=O)[C@H](C2CCCCC2)N(C)C(=O)C2(CCCC2)NC(=O)[C@@H]2CCCN2C(=O)[C@H](CCc2ccc(S(C)(=O)=O)cc2)NC(=O)CN(C)C(=O)[C@H](CC2CCCCC2)N(C)C(=O)CN(C)C(=O)CN(C)C1=O. The number of piperidine rings is 1. The number of hydrogen-bond acceptors (Lipinski definition) is 14. The summed E-state index contributed by atoms with van der Waals surface area (Å²) >= 11 is 0. The van der Waals surface area contributed by atoms with E-state index in [0.717, 1.165) is 68.9 Å². The fraction of sp³-hybridized carbons (Fsp3) is 0.753. The molecule has 3 aliphatic carbocycles. The molecule has 26 nitrogen and oxygen atoms in total. The highest BCUT2D eigenvalue weighted by atomic mass is 32.2. The minimum absolute atomic E-state index is 0.00964. The van der Waals surface area contributed by atoms with Crippen molar-refractivity contribution in [2.45, 2.75) is 241 Å². The van der Waals surface area contributed by atoms with Crippen molar-refractivity contribution < 1.29 is 66.0 Å². The molecule has 3 saturated heterocycles. The Labute approximate surface area is 593 Å². The van der Waals surface area contributed by atoms with E-state index in [1.54, 1.807) is 31.0 Å². The van der Waals surface area contributed by atoms with Crippen molar-refractivity contribution in [3.05, 3.63) is 29.8 Å². The number of carbonyl (C=O) groups is 12. The second kappa shape index (κ2) is 36.1. The molecular formula is C73H116N12O14S. The second-order valence-corrected chi connectivity index (χ2v) is 32.3. The standard InChI is InChI=1S/C73H116N12O14S/c1-13-49(4)63-70(95)79(7)46-61(88)77(5)47-62(89)81(9)57(43-51-26-17-14-18-27-51)68(93)78(6)45-59(86)74-54(36-33-50-31-34-53(35-32-50)100(12,98)99)67(92)85-41-25-30-55(85)66(91)76-73(37-21-22-38-73)72(97)83(11)64(52-28-19-15-20-29-52)71(96)82(10)58(69(94)84-39-23-16-24-40-84)44-60(87)80(8)56(42-48(2)3)65(90)75-63/h31-32,34-35,48-49,51-52,54-58,63-64H,13-30,33,36-47H2,1-12H3,(H,74,86)(H,75,90)(H,76,91)/t49-,54-,55-,56-,57-,58-,63-,64-/m0/s1. The van der Waals surface area contributed by atoms with E-state index in [-0.39, 0.29) is 74.1 Å². The average Bonchev–Trinajstić information content (AvgIpc) is 1.36. The fourth-order valence-electron chi connectivity index (χ4n) is 15.8. The van der Waals surface area contributed by atoms with E-state index in [2.05, 4.69) is 16.0 Å². The number of nitrogens with zero attached hydrogens (tertiary/aromatic N) is 9. The number of hydrogen-bond donors (Lipinski definition) is 3. The predicted molar refractivity (Wildman–Crippen MR) is 377 cm³/mol. The molecule has 100 heavy (non-hydrogen) atoms. The Bertz CT molecular complexity index is 3200. The lowest BCUT2D eigenvalue weighted by Crippen LogP contribution is -2.65. The number of likely N-dealkylation sites (tertiary alicyclic amines) is 1. The molecule has 0 radical (unpaired) electrons. The summed E-state index contributed by atoms with van der Waals surface area (Å²) in [5.74, 6) is -8.02. The number of nitrogens with one attached hydrogen (secondary N) is 3. The third kappa shape index (κ3) is 20.3. The highest BCUT2D eigenvalue weighted by Crippen LogP contribution is 2.37. The van der Waals surface area contributed by atoms with Gasteiger partial charge in [-0.05, 0) is 125 Å². The molecule has 27 heteroatoms. The molecule has 7 rings (SSSR count). The molecule has 1 aromatic rings. The number of rotatable bonds is 12. The molecule has 0 aromatic heterocycles. The number of likely N-dealkylation sites (N-methyl/N-ethyl adjacent to an activating group) is 7. The van der Waals surface area contributed by atoms with E-state index in [0.29, 0.717) is 70.0 Å². The van der Waals surface area contributed by atoms with Gasteiger partial charge in [-0.3, -0.25) is 57.5 Å². The summed E-state index contributed by atoms with van der Waals surface area (Å²) in [6.45, 7) is 6.79. The zero-order chi connectivity index (χ0) is 73.5. The van der Waals surface area contributed by atoms with Crippen LogP contribution in [0, 0.1) is 23.7 Å². The molecule has 0 bridgehead atoms. The summed E-state index contributed by atoms with van der Waals surface area (Å²) in [5, 5.41) is 8.95. The van der Waals surface area contributed by atoms with E-state index in [1.807, 2.05) is 20.8 Å². The number of benzene rings is 1. The van der Waals surface area contributed by atoms with Crippen LogP contribution in [0.15, 0.2) is 29.2 Å². The number of sulfone groups is 1. The molecule has 12 amide bonds. The molecule has 3 N–H and O–H groups in total. The molecule has 3 heterocycles. The summed E-state index contributed by atoms with van der Waals surface area (Å²) in [7, 11) is 6.70. The van der Waals surface area contributed by atoms with Crippen LogP contribution < -0.4 is 16.0 Å². The molecule has 3 aliphatic heterocycles. The molecule has 3 saturated carbocycles. The summed E-state index contributed by atoms with van der Waals surface area (Å²) in [6, 6.07) is -2.14. The molecule has 1 spiro atoms. The molecule has 1 aromatic carbocycles. The Balaban J connectivity index is 1.28. The van der Waals surface area contributed by atoms with Gasteiger partial charge in [0.2, 0.25) is 70.9 Å². The third-order valence-corrected chi connectivity index (χ3v) is 23.5. The van der Waals surface area contributed by atoms with Gasteiger partial charge in [-0.25, -0.2) is 8.42 Å². The van der Waals surface area contributed by atoms with Gasteiger partial charge in [-0.2, -0.15) is 0 Å². The smallest absolute Gasteiger partial charge is 0.248 e. The zero-order valence-corrected chi connectivity index (χ0v) is 62.5. The lowest BCUT2D eigenvalue weighted by atomic mass is 9.81. The maximum Gasteiger partial charge on any atom is 0.248 e. The Morgan fingerprint density at radius 1 is 0.580 bits per heavy atom. The van der Waals surface area contributed by atoms with Crippen molar-refractivity contribution in [1.82, 2.24) is 60.0 Å². The minimum Gasteiger partial charge on any atom is -0.343 e. The lowest BCUT2D eigenvalue weighted by Gasteiger charge is -2.43. The van der Waals surface area contributed by atoms with Gasteiger partial charge < -0.3 is 60.0 Å². The average molecular weight is 1420 g/mol. The summed E-state index contributed by atoms with van der Waals surface area (Å²) in [6.07, 6.45) is 14.2. The van der Waals surface area contributed by atoms with Gasteiger partial charge in [0.1, 0.15) is 47.8 Å². The van der Waals surface area contributed by atoms with Crippen LogP contribution in [0.25, 0.3) is 0 Å². The van der Waals surface area contributed by atoms with Crippen molar-refractivity contribution >= 4 is 80.7 Å². The summed E-state index contributed by atoms with van der Waals surface area (Å²) < 4.78 is 24.8. The van der Waals surface area contributed by atoms with Gasteiger partial charge in [0.05, 0.1) is 31.0 Å². The maximum atomic E-state index is 15.8. The first-order valence-corrected chi connectivity index (χ1v) is 38.8. The van der Waals surface area contributed by atoms with Crippen LogP contribution in [0.4, 0.5) is 0 Å². The number of fused-ring (bicyclic) bond motifs is 1. The fourth-order valence-corrected chi connectivity index (χ4v) is 16.4. The first kappa shape index (κ1) is 80.1. The van der Waals surface area contributed by atoms with Crippen LogP contribution in [0.1, 0.15) is 187 Å². The van der Waals surface area contributed by atoms with Crippen molar-refractivity contribution in [3.8, 4) is 0 Å². The molecule has 6 aliphatic rings. The summed E-state index contributed by atoms with van der Waals surface area (Å²) in [5.41, 5.74) is -0.863. The van der Waals surface area contributed by atoms with Gasteiger partial charge in [0.25, 0.3) is 0 Å². The quantitative estimate of drug-likeness (QED) is 0.265. The van der Waals surface area contributed by atoms with Crippen LogP contribution >= 0.6 is 0 Å². The van der Waals surface area contributed by atoms with Crippen molar-refractivity contribution in [2.24, 2.45) is 23.7 Å². The molecule has 0 unspecified atom stereocenters. The molecule has 558 valence electrons. The second-order valence-electron chi connectivity index (χ2n) is 30.3. The minimum atomic E-state index is -3.54. The Kier molecular flexibility index (Phi) is 28.9. The summed E-state index contributed by atoms with van der Waals surface area (Å²) in [4.78, 5) is 192. The number of carbonyl (C=O) groups excluding carboxylic acids is 12. The van der Waals surface area contributed by atoms with E-state index in [4.69, 9.17) is 0 Å². The van der Waals surface area contributed by atoms with Crippen LogP contribution in [-0.2, 0) is 73.8 Å². The molecule has 8 atom stereocenters. The normalized spacial score (nSPS) is 26.9. The first-order chi connectivity index (χ1) is 47.3. The van der Waals surface area contributed by atoms with E-state index >= 15 is 28.8 Å². The predicted octanol–water partition coefficient (Wildman–Crippen LogP) is 4.15. The Morgan fingerprint density at radius 3 is 1.76 bits per heavy atom. The Hall–Kier alpha value is -7.19. The van der Waals surface area contributed by atoms with Crippen LogP contribution in [0.2, 0.25) is 0 Å². The van der Waals surface area contributed by atoms with Crippen molar-refractivity contribution in [1.29, 1.82) is 0 Å². The Morgan fingerprint density at radius 2 is 1.16 bits per heavy atom. The van der Waals surface area contributed by atoms with E-state index in [1.165, 1.54) is 88.7 Å². The molecular weight excluding hydrogens is 1300 g/mol. The van der Waals surface area contributed by atoms with Gasteiger partial charge in [-0.1, -0.05) is 110 Å². The largest absolute Gasteiger partial charge is 0.343 e. The maximum absolute atomic E-state index is 15.8. The number of amides is 12. The van der Waals surface area contributed by atoms with Crippen molar-refractivity contribution in [2.75, 3.05) is 94.9 Å². The van der Waals surface area contributed by atoms with Gasteiger partial charge in [-0.15, -0.1) is 0 Å². The molecule has 6 fully saturated rings. The number of aryl methyl sites for hydroxylation is 1. The highest BCUT2D eigenvalue weighted by Gasteiger charge is 2.51. The van der Waals surface area contributed by atoms with Gasteiger partial charge in [0.15, 0.2) is 9.84 Å². The van der Waals surface area contributed by atoms with E-state index < -0.39 is 161 Å². The van der Waals surface area contributed by atoms with Crippen LogP contribution in [0.5, 0.6) is 0 Å². The van der Waals surface area contributed by atoms with E-state index in [9.17, 15) is 37.2 Å². The van der Waals surface area contributed by atoms with Crippen LogP contribution in [-0.4, -0.2) is 266 Å². The monoisotopic (exact) mass is 1420 g/mol. The topological polar surface area (TPSA) is 304 Å². The van der Waals surface area contributed by atoms with Crippen LogP contribution in [0.3, 0.4) is 0 Å². The van der Waals surface area contributed by atoms with Crippen molar-refractivity contribution in [3.63, 3.8) is 0 Å².